The third-order valence-corrected chi connectivity index (χ3v) is 5.92. The Labute approximate surface area is 178 Å². The Kier molecular flexibility index (Phi) is 7.78. The minimum atomic E-state index is -0.394. The number of aryl methyl sites for hydroxylation is 2. The molecule has 164 valence electrons. The Balaban J connectivity index is 1.93. The first-order valence-electron chi connectivity index (χ1n) is 11.3. The number of benzene rings is 1. The third-order valence-electron chi connectivity index (χ3n) is 5.92. The van der Waals surface area contributed by atoms with Crippen LogP contribution >= 0.6 is 0 Å². The molecular formula is C25H42N2O2. The Hall–Kier alpha value is -1.55. The molecule has 0 fully saturated rings. The Morgan fingerprint density at radius 1 is 1.14 bits per heavy atom. The first-order valence-corrected chi connectivity index (χ1v) is 11.3. The van der Waals surface area contributed by atoms with E-state index in [1.165, 1.54) is 30.4 Å². The van der Waals surface area contributed by atoms with E-state index in [0.29, 0.717) is 6.04 Å². The van der Waals surface area contributed by atoms with Crippen molar-refractivity contribution in [1.82, 2.24) is 5.32 Å². The number of carbonyl (C=O) groups excluding carboxylic acids is 1. The van der Waals surface area contributed by atoms with E-state index in [1.807, 2.05) is 0 Å². The Bertz CT molecular complexity index is 720. The lowest BCUT2D eigenvalue weighted by molar-refractivity contribution is -0.124. The monoisotopic (exact) mass is 402 g/mol. The fourth-order valence-electron chi connectivity index (χ4n) is 4.05. The van der Waals surface area contributed by atoms with Crippen LogP contribution < -0.4 is 15.4 Å². The zero-order chi connectivity index (χ0) is 21.8. The van der Waals surface area contributed by atoms with Gasteiger partial charge in [-0.15, -0.1) is 0 Å². The largest absolute Gasteiger partial charge is 0.485 e. The highest BCUT2D eigenvalue weighted by molar-refractivity contribution is 5.97. The number of ether oxygens (including phenoxy) is 1. The molecule has 1 aliphatic heterocycles. The predicted octanol–water partition coefficient (Wildman–Crippen LogP) is 5.93. The molecule has 1 heterocycles. The van der Waals surface area contributed by atoms with Gasteiger partial charge in [0.1, 0.15) is 11.4 Å². The van der Waals surface area contributed by atoms with E-state index in [9.17, 15) is 4.79 Å². The second-order valence-corrected chi connectivity index (χ2v) is 10.3. The molecule has 0 bridgehead atoms. The van der Waals surface area contributed by atoms with Gasteiger partial charge < -0.3 is 15.4 Å². The molecule has 2 rings (SSSR count). The van der Waals surface area contributed by atoms with Crippen LogP contribution in [0.3, 0.4) is 0 Å². The number of amides is 1. The first-order chi connectivity index (χ1) is 13.4. The van der Waals surface area contributed by atoms with Gasteiger partial charge in [-0.3, -0.25) is 4.79 Å². The van der Waals surface area contributed by atoms with E-state index in [2.05, 4.69) is 72.1 Å². The highest BCUT2D eigenvalue weighted by Gasteiger charge is 2.35. The molecule has 29 heavy (non-hydrogen) atoms. The molecule has 0 aliphatic carbocycles. The van der Waals surface area contributed by atoms with Crippen molar-refractivity contribution < 1.29 is 9.53 Å². The SMILES string of the molecule is Cc1cc(C)c(NC(=O)C(C)(C)CCCCCCNC(C)C)c2c1CC(C)(C)O2. The van der Waals surface area contributed by atoms with E-state index in [0.717, 1.165) is 42.8 Å². The smallest absolute Gasteiger partial charge is 0.230 e. The summed E-state index contributed by atoms with van der Waals surface area (Å²) in [6.07, 6.45) is 6.45. The van der Waals surface area contributed by atoms with Gasteiger partial charge in [0, 0.05) is 23.4 Å². The highest BCUT2D eigenvalue weighted by atomic mass is 16.5. The van der Waals surface area contributed by atoms with E-state index >= 15 is 0 Å². The van der Waals surface area contributed by atoms with Crippen LogP contribution in [-0.2, 0) is 11.2 Å². The minimum absolute atomic E-state index is 0.0847. The molecular weight excluding hydrogens is 360 g/mol. The maximum absolute atomic E-state index is 13.1. The van der Waals surface area contributed by atoms with Crippen LogP contribution in [0.4, 0.5) is 5.69 Å². The molecule has 2 N–H and O–H groups in total. The quantitative estimate of drug-likeness (QED) is 0.477. The summed E-state index contributed by atoms with van der Waals surface area (Å²) in [4.78, 5) is 13.1. The van der Waals surface area contributed by atoms with Crippen LogP contribution in [-0.4, -0.2) is 24.1 Å². The maximum Gasteiger partial charge on any atom is 0.230 e. The lowest BCUT2D eigenvalue weighted by atomic mass is 9.85. The molecule has 0 aromatic heterocycles. The van der Waals surface area contributed by atoms with Crippen molar-refractivity contribution in [3.63, 3.8) is 0 Å². The van der Waals surface area contributed by atoms with Gasteiger partial charge in [0.05, 0.1) is 5.69 Å². The molecule has 1 aromatic carbocycles. The summed E-state index contributed by atoms with van der Waals surface area (Å²) in [6.45, 7) is 17.9. The van der Waals surface area contributed by atoms with Crippen LogP contribution in [0.1, 0.15) is 90.3 Å². The van der Waals surface area contributed by atoms with Gasteiger partial charge in [0.2, 0.25) is 5.91 Å². The molecule has 0 atom stereocenters. The zero-order valence-corrected chi connectivity index (χ0v) is 19.9. The predicted molar refractivity (Wildman–Crippen MR) is 123 cm³/mol. The average Bonchev–Trinajstić information content (AvgIpc) is 2.93. The zero-order valence-electron chi connectivity index (χ0n) is 19.9. The van der Waals surface area contributed by atoms with Gasteiger partial charge in [-0.05, 0) is 58.2 Å². The van der Waals surface area contributed by atoms with Crippen molar-refractivity contribution in [3.05, 3.63) is 22.8 Å². The van der Waals surface area contributed by atoms with Gasteiger partial charge in [0.15, 0.2) is 0 Å². The summed E-state index contributed by atoms with van der Waals surface area (Å²) in [6, 6.07) is 2.72. The summed E-state index contributed by atoms with van der Waals surface area (Å²) in [5, 5.41) is 6.67. The van der Waals surface area contributed by atoms with Gasteiger partial charge in [0.25, 0.3) is 0 Å². The number of unbranched alkanes of at least 4 members (excludes halogenated alkanes) is 3. The summed E-state index contributed by atoms with van der Waals surface area (Å²) >= 11 is 0. The fourth-order valence-corrected chi connectivity index (χ4v) is 4.05. The molecule has 0 radical (unpaired) electrons. The summed E-state index contributed by atoms with van der Waals surface area (Å²) < 4.78 is 6.23. The number of hydrogen-bond acceptors (Lipinski definition) is 3. The normalized spacial score (nSPS) is 15.3. The third kappa shape index (κ3) is 6.47. The topological polar surface area (TPSA) is 50.4 Å². The number of carbonyl (C=O) groups is 1. The second kappa shape index (κ2) is 9.51. The van der Waals surface area contributed by atoms with E-state index < -0.39 is 5.41 Å². The van der Waals surface area contributed by atoms with Crippen molar-refractivity contribution in [1.29, 1.82) is 0 Å². The summed E-state index contributed by atoms with van der Waals surface area (Å²) in [5.41, 5.74) is 3.78. The minimum Gasteiger partial charge on any atom is -0.485 e. The lowest BCUT2D eigenvalue weighted by Gasteiger charge is -2.25. The lowest BCUT2D eigenvalue weighted by Crippen LogP contribution is -2.31. The van der Waals surface area contributed by atoms with Gasteiger partial charge in [-0.1, -0.05) is 53.0 Å². The van der Waals surface area contributed by atoms with E-state index in [1.54, 1.807) is 0 Å². The van der Waals surface area contributed by atoms with Gasteiger partial charge in [-0.2, -0.15) is 0 Å². The molecule has 0 unspecified atom stereocenters. The fraction of sp³-hybridized carbons (Fsp3) is 0.720. The molecule has 4 nitrogen and oxygen atoms in total. The molecule has 1 amide bonds. The van der Waals surface area contributed by atoms with Crippen molar-refractivity contribution in [2.45, 2.75) is 106 Å². The maximum atomic E-state index is 13.1. The van der Waals surface area contributed by atoms with Crippen LogP contribution in [0.25, 0.3) is 0 Å². The molecule has 0 spiro atoms. The summed E-state index contributed by atoms with van der Waals surface area (Å²) in [7, 11) is 0. The first kappa shape index (κ1) is 23.7. The van der Waals surface area contributed by atoms with Crippen molar-refractivity contribution in [3.8, 4) is 5.75 Å². The van der Waals surface area contributed by atoms with Gasteiger partial charge >= 0.3 is 0 Å². The Morgan fingerprint density at radius 2 is 1.79 bits per heavy atom. The number of fused-ring (bicyclic) bond motifs is 1. The Morgan fingerprint density at radius 3 is 2.45 bits per heavy atom. The van der Waals surface area contributed by atoms with Crippen LogP contribution in [0.15, 0.2) is 6.07 Å². The average molecular weight is 403 g/mol. The van der Waals surface area contributed by atoms with Crippen molar-refractivity contribution in [2.24, 2.45) is 5.41 Å². The van der Waals surface area contributed by atoms with Crippen molar-refractivity contribution >= 4 is 11.6 Å². The van der Waals surface area contributed by atoms with Gasteiger partial charge in [-0.25, -0.2) is 0 Å². The molecule has 1 aromatic rings. The highest BCUT2D eigenvalue weighted by Crippen LogP contribution is 2.44. The molecule has 0 saturated carbocycles. The van der Waals surface area contributed by atoms with Crippen LogP contribution in [0.2, 0.25) is 0 Å². The number of nitrogens with one attached hydrogen (secondary N) is 2. The summed E-state index contributed by atoms with van der Waals surface area (Å²) in [5.74, 6) is 0.954. The van der Waals surface area contributed by atoms with E-state index in [-0.39, 0.29) is 11.5 Å². The second-order valence-electron chi connectivity index (χ2n) is 10.3. The number of hydrogen-bond donors (Lipinski definition) is 2. The standard InChI is InChI=1S/C25H42N2O2/c1-17(2)26-14-12-10-9-11-13-24(5,6)23(28)27-21-19(4)15-18(3)20-16-25(7,8)29-22(20)21/h15,17,26H,9-14,16H2,1-8H3,(H,27,28). The van der Waals surface area contributed by atoms with Crippen LogP contribution in [0, 0.1) is 19.3 Å². The van der Waals surface area contributed by atoms with Crippen molar-refractivity contribution in [2.75, 3.05) is 11.9 Å². The van der Waals surface area contributed by atoms with Crippen LogP contribution in [0.5, 0.6) is 5.75 Å². The van der Waals surface area contributed by atoms with E-state index in [4.69, 9.17) is 4.74 Å². The molecule has 1 aliphatic rings. The number of rotatable bonds is 10. The number of anilines is 1. The molecule has 0 saturated heterocycles. The molecule has 4 heteroatoms.